The molecule has 5 nitrogen and oxygen atoms in total. The van der Waals surface area contributed by atoms with Crippen molar-refractivity contribution in [1.82, 2.24) is 4.90 Å². The monoisotopic (exact) mass is 311 g/mol. The number of carbonyl (C=O) groups excluding carboxylic acids is 1. The number of carbonyl (C=O) groups is 2. The molecule has 0 radical (unpaired) electrons. The van der Waals surface area contributed by atoms with E-state index < -0.39 is 30.1 Å². The zero-order valence-electron chi connectivity index (χ0n) is 13.1. The lowest BCUT2D eigenvalue weighted by Crippen LogP contribution is -2.35. The number of hydrogen-bond donors (Lipinski definition) is 1. The van der Waals surface area contributed by atoms with E-state index in [1.165, 1.54) is 6.08 Å². The molecule has 0 saturated heterocycles. The molecule has 122 valence electrons. The first-order valence-corrected chi connectivity index (χ1v) is 7.04. The van der Waals surface area contributed by atoms with E-state index >= 15 is 0 Å². The molecule has 1 N–H and O–H groups in total. The molecular formula is C16H22FNO4. The highest BCUT2D eigenvalue weighted by Gasteiger charge is 2.21. The molecule has 0 aliphatic carbocycles. The van der Waals surface area contributed by atoms with Crippen molar-refractivity contribution >= 4 is 11.8 Å². The number of ketones is 1. The summed E-state index contributed by atoms with van der Waals surface area (Å²) in [5, 5.41) is 8.76. The molecule has 1 aliphatic heterocycles. The second-order valence-electron chi connectivity index (χ2n) is 5.51. The van der Waals surface area contributed by atoms with Crippen LogP contribution in [0.5, 0.6) is 0 Å². The normalized spacial score (nSPS) is 27.4. The zero-order chi connectivity index (χ0) is 16.9. The van der Waals surface area contributed by atoms with Crippen LogP contribution in [0.3, 0.4) is 0 Å². The molecule has 0 aromatic carbocycles. The standard InChI is InChI=1S/C16H22FNO4/c1-10-8-18(4)11(2)9-22-12(3)5-13(17)6-14(10)15(19)7-16(20)21/h5-6,11-12H,1,7-9H2,2-4H3,(H,20,21)/b13-5?,14-6+. The van der Waals surface area contributed by atoms with Crippen molar-refractivity contribution in [1.29, 1.82) is 0 Å². The Morgan fingerprint density at radius 2 is 2.14 bits per heavy atom. The Balaban J connectivity index is 3.16. The summed E-state index contributed by atoms with van der Waals surface area (Å²) in [7, 11) is 1.84. The first kappa shape index (κ1) is 18.3. The largest absolute Gasteiger partial charge is 0.481 e. The van der Waals surface area contributed by atoms with E-state index in [9.17, 15) is 14.0 Å². The van der Waals surface area contributed by atoms with Crippen molar-refractivity contribution in [2.75, 3.05) is 20.2 Å². The molecule has 1 heterocycles. The van der Waals surface area contributed by atoms with Gasteiger partial charge in [-0.3, -0.25) is 14.5 Å². The Bertz CT molecular complexity index is 524. The number of ether oxygens (including phenoxy) is 1. The lowest BCUT2D eigenvalue weighted by atomic mass is 9.99. The first-order valence-electron chi connectivity index (χ1n) is 7.04. The summed E-state index contributed by atoms with van der Waals surface area (Å²) in [6.07, 6.45) is 1.15. The number of allylic oxidation sites excluding steroid dienone is 2. The third-order valence-electron chi connectivity index (χ3n) is 3.46. The number of aliphatic carboxylic acids is 1. The van der Waals surface area contributed by atoms with Crippen molar-refractivity contribution in [3.8, 4) is 0 Å². The van der Waals surface area contributed by atoms with Crippen LogP contribution in [0.2, 0.25) is 0 Å². The SMILES string of the molecule is C=C1CN(C)C(C)COC(C)C=C(F)/C=C\1C(=O)CC(=O)O. The van der Waals surface area contributed by atoms with Crippen LogP contribution in [-0.4, -0.2) is 54.1 Å². The number of rotatable bonds is 3. The second kappa shape index (κ2) is 8.00. The molecule has 2 atom stereocenters. The lowest BCUT2D eigenvalue weighted by Gasteiger charge is -2.26. The number of nitrogens with zero attached hydrogens (tertiary/aromatic N) is 1. The topological polar surface area (TPSA) is 66.8 Å². The van der Waals surface area contributed by atoms with E-state index in [0.29, 0.717) is 18.7 Å². The summed E-state index contributed by atoms with van der Waals surface area (Å²) in [5.74, 6) is -2.55. The maximum Gasteiger partial charge on any atom is 0.311 e. The summed E-state index contributed by atoms with van der Waals surface area (Å²) < 4.78 is 19.5. The Morgan fingerprint density at radius 3 is 2.73 bits per heavy atom. The minimum Gasteiger partial charge on any atom is -0.481 e. The summed E-state index contributed by atoms with van der Waals surface area (Å²) in [6.45, 7) is 8.19. The molecule has 1 rings (SSSR count). The lowest BCUT2D eigenvalue weighted by molar-refractivity contribution is -0.139. The highest BCUT2D eigenvalue weighted by Crippen LogP contribution is 2.19. The number of Topliss-reactive ketones (excluding diaryl/α,β-unsaturated/α-hetero) is 1. The highest BCUT2D eigenvalue weighted by molar-refractivity contribution is 6.07. The van der Waals surface area contributed by atoms with Crippen LogP contribution in [0.4, 0.5) is 4.39 Å². The Hall–Kier alpha value is -1.79. The van der Waals surface area contributed by atoms with Crippen LogP contribution in [0.1, 0.15) is 20.3 Å². The van der Waals surface area contributed by atoms with Crippen LogP contribution in [0, 0.1) is 0 Å². The van der Waals surface area contributed by atoms with Crippen LogP contribution < -0.4 is 0 Å². The van der Waals surface area contributed by atoms with E-state index in [1.54, 1.807) is 6.92 Å². The van der Waals surface area contributed by atoms with Crippen LogP contribution in [0.25, 0.3) is 0 Å². The molecule has 22 heavy (non-hydrogen) atoms. The van der Waals surface area contributed by atoms with Gasteiger partial charge in [0.15, 0.2) is 5.78 Å². The number of hydrogen-bond acceptors (Lipinski definition) is 4. The van der Waals surface area contributed by atoms with Crippen molar-refractivity contribution in [3.63, 3.8) is 0 Å². The van der Waals surface area contributed by atoms with E-state index in [-0.39, 0.29) is 11.6 Å². The van der Waals surface area contributed by atoms with Gasteiger partial charge >= 0.3 is 5.97 Å². The van der Waals surface area contributed by atoms with Crippen molar-refractivity contribution in [3.05, 3.63) is 35.7 Å². The summed E-state index contributed by atoms with van der Waals surface area (Å²) in [6, 6.07) is 0.0459. The average Bonchev–Trinajstić information content (AvgIpc) is 2.41. The zero-order valence-corrected chi connectivity index (χ0v) is 13.1. The number of carboxylic acid groups (broad SMARTS) is 1. The van der Waals surface area contributed by atoms with Gasteiger partial charge in [0.1, 0.15) is 12.2 Å². The Labute approximate surface area is 129 Å². The number of halogens is 1. The maximum atomic E-state index is 14.0. The molecule has 6 heteroatoms. The number of likely N-dealkylation sites (N-methyl/N-ethyl adjacent to an activating group) is 1. The molecule has 1 aliphatic rings. The fraction of sp³-hybridized carbons (Fsp3) is 0.500. The van der Waals surface area contributed by atoms with Gasteiger partial charge in [-0.1, -0.05) is 6.58 Å². The van der Waals surface area contributed by atoms with Gasteiger partial charge in [-0.05, 0) is 38.6 Å². The molecule has 2 unspecified atom stereocenters. The fourth-order valence-electron chi connectivity index (χ4n) is 2.03. The Kier molecular flexibility index (Phi) is 6.64. The van der Waals surface area contributed by atoms with E-state index in [2.05, 4.69) is 6.58 Å². The van der Waals surface area contributed by atoms with Crippen molar-refractivity contribution < 1.29 is 23.8 Å². The van der Waals surface area contributed by atoms with E-state index in [4.69, 9.17) is 9.84 Å². The summed E-state index contributed by atoms with van der Waals surface area (Å²) in [4.78, 5) is 24.7. The van der Waals surface area contributed by atoms with Crippen molar-refractivity contribution in [2.24, 2.45) is 0 Å². The van der Waals surface area contributed by atoms with Gasteiger partial charge in [0.25, 0.3) is 0 Å². The molecule has 0 spiro atoms. The van der Waals surface area contributed by atoms with Crippen molar-refractivity contribution in [2.45, 2.75) is 32.4 Å². The quantitative estimate of drug-likeness (QED) is 0.809. The molecule has 0 amide bonds. The Morgan fingerprint density at radius 1 is 1.50 bits per heavy atom. The van der Waals surface area contributed by atoms with Gasteiger partial charge in [-0.25, -0.2) is 4.39 Å². The predicted molar refractivity (Wildman–Crippen MR) is 81.2 cm³/mol. The van der Waals surface area contributed by atoms with E-state index in [0.717, 1.165) is 6.08 Å². The molecule has 0 fully saturated rings. The van der Waals surface area contributed by atoms with Gasteiger partial charge in [0, 0.05) is 18.2 Å². The van der Waals surface area contributed by atoms with Crippen LogP contribution in [0.15, 0.2) is 35.7 Å². The van der Waals surface area contributed by atoms with Crippen LogP contribution >= 0.6 is 0 Å². The minimum atomic E-state index is -1.25. The summed E-state index contributed by atoms with van der Waals surface area (Å²) in [5.41, 5.74) is 0.392. The molecule has 0 bridgehead atoms. The van der Waals surface area contributed by atoms with Gasteiger partial charge in [-0.2, -0.15) is 0 Å². The van der Waals surface area contributed by atoms with Crippen LogP contribution in [-0.2, 0) is 14.3 Å². The van der Waals surface area contributed by atoms with Gasteiger partial charge < -0.3 is 9.84 Å². The second-order valence-corrected chi connectivity index (χ2v) is 5.51. The highest BCUT2D eigenvalue weighted by atomic mass is 19.1. The molecule has 0 saturated carbocycles. The third-order valence-corrected chi connectivity index (χ3v) is 3.46. The molecule has 0 aromatic rings. The van der Waals surface area contributed by atoms with Gasteiger partial charge in [-0.15, -0.1) is 0 Å². The molecule has 0 aromatic heterocycles. The van der Waals surface area contributed by atoms with Gasteiger partial charge in [0.2, 0.25) is 0 Å². The third kappa shape index (κ3) is 5.54. The number of carboxylic acids is 1. The minimum absolute atomic E-state index is 0.00398. The van der Waals surface area contributed by atoms with E-state index in [1.807, 2.05) is 18.9 Å². The maximum absolute atomic E-state index is 14.0. The fourth-order valence-corrected chi connectivity index (χ4v) is 2.03. The molecular weight excluding hydrogens is 289 g/mol. The first-order chi connectivity index (χ1) is 10.2. The van der Waals surface area contributed by atoms with Gasteiger partial charge in [0.05, 0.1) is 12.7 Å². The summed E-state index contributed by atoms with van der Waals surface area (Å²) >= 11 is 0. The average molecular weight is 311 g/mol. The predicted octanol–water partition coefficient (Wildman–Crippen LogP) is 2.11. The smallest absolute Gasteiger partial charge is 0.311 e.